The fraction of sp³-hybridized carbons (Fsp3) is 0.417. The number of hydrogen-bond donors (Lipinski definition) is 1. The molecule has 100 valence electrons. The lowest BCUT2D eigenvalue weighted by Gasteiger charge is -2.12. The first-order valence-electron chi connectivity index (χ1n) is 5.42. The highest BCUT2D eigenvalue weighted by Crippen LogP contribution is 2.18. The van der Waals surface area contributed by atoms with Crippen molar-refractivity contribution in [3.05, 3.63) is 34.1 Å². The van der Waals surface area contributed by atoms with E-state index in [9.17, 15) is 13.4 Å². The lowest BCUT2D eigenvalue weighted by atomic mass is 10.1. The lowest BCUT2D eigenvalue weighted by Crippen LogP contribution is -2.37. The van der Waals surface area contributed by atoms with E-state index in [1.54, 1.807) is 19.2 Å². The van der Waals surface area contributed by atoms with Crippen molar-refractivity contribution in [2.45, 2.75) is 19.4 Å². The van der Waals surface area contributed by atoms with E-state index in [0.29, 0.717) is 10.2 Å². The number of hydrogen-bond acceptors (Lipinski definition) is 2. The van der Waals surface area contributed by atoms with Gasteiger partial charge in [0.2, 0.25) is 5.91 Å². The van der Waals surface area contributed by atoms with Gasteiger partial charge in [-0.1, -0.05) is 22.0 Å². The third-order valence-corrected chi connectivity index (χ3v) is 3.97. The Kier molecular flexibility index (Phi) is 5.95. The van der Waals surface area contributed by atoms with Crippen LogP contribution in [0.15, 0.2) is 22.7 Å². The summed E-state index contributed by atoms with van der Waals surface area (Å²) in [4.78, 5) is 11.7. The van der Waals surface area contributed by atoms with Gasteiger partial charge < -0.3 is 5.32 Å². The Morgan fingerprint density at radius 3 is 2.78 bits per heavy atom. The maximum Gasteiger partial charge on any atom is 0.224 e. The van der Waals surface area contributed by atoms with Gasteiger partial charge in [0.15, 0.2) is 0 Å². The first kappa shape index (κ1) is 15.3. The van der Waals surface area contributed by atoms with Gasteiger partial charge in [0.05, 0.1) is 6.42 Å². The Bertz CT molecular complexity index is 467. The monoisotopic (exact) mass is 335 g/mol. The van der Waals surface area contributed by atoms with Crippen molar-refractivity contribution in [1.82, 2.24) is 5.32 Å². The molecule has 0 unspecified atom stereocenters. The van der Waals surface area contributed by atoms with Gasteiger partial charge in [-0.05, 0) is 24.6 Å². The van der Waals surface area contributed by atoms with E-state index < -0.39 is 10.8 Å². The first-order valence-corrected chi connectivity index (χ1v) is 7.94. The molecule has 0 radical (unpaired) electrons. The Morgan fingerprint density at radius 1 is 1.56 bits per heavy atom. The molecule has 0 aliphatic carbocycles. The largest absolute Gasteiger partial charge is 0.352 e. The van der Waals surface area contributed by atoms with Gasteiger partial charge in [-0.25, -0.2) is 4.39 Å². The second kappa shape index (κ2) is 6.99. The average Bonchev–Trinajstić information content (AvgIpc) is 2.20. The molecule has 0 bridgehead atoms. The molecule has 1 aromatic rings. The van der Waals surface area contributed by atoms with E-state index in [1.807, 2.05) is 0 Å². The van der Waals surface area contributed by atoms with E-state index in [4.69, 9.17) is 0 Å². The van der Waals surface area contributed by atoms with Crippen LogP contribution in [0.2, 0.25) is 0 Å². The molecule has 0 fully saturated rings. The summed E-state index contributed by atoms with van der Waals surface area (Å²) in [5.41, 5.74) is 0.721. The minimum atomic E-state index is -0.940. The molecule has 0 saturated carbocycles. The highest BCUT2D eigenvalue weighted by Gasteiger charge is 2.11. The molecule has 1 rings (SSSR count). The lowest BCUT2D eigenvalue weighted by molar-refractivity contribution is -0.120. The minimum Gasteiger partial charge on any atom is -0.352 e. The van der Waals surface area contributed by atoms with Crippen LogP contribution in [-0.4, -0.2) is 28.2 Å². The highest BCUT2D eigenvalue weighted by molar-refractivity contribution is 9.10. The molecule has 18 heavy (non-hydrogen) atoms. The molecule has 0 aromatic heterocycles. The summed E-state index contributed by atoms with van der Waals surface area (Å²) in [5.74, 6) is -0.0860. The molecule has 0 saturated heterocycles. The van der Waals surface area contributed by atoms with Crippen molar-refractivity contribution < 1.29 is 13.4 Å². The van der Waals surface area contributed by atoms with Crippen LogP contribution in [0.1, 0.15) is 12.5 Å². The van der Waals surface area contributed by atoms with Crippen molar-refractivity contribution in [1.29, 1.82) is 0 Å². The molecule has 2 atom stereocenters. The molecule has 1 amide bonds. The number of benzene rings is 1. The third-order valence-electron chi connectivity index (χ3n) is 2.26. The molecular weight excluding hydrogens is 321 g/mol. The van der Waals surface area contributed by atoms with E-state index in [1.165, 1.54) is 12.1 Å². The van der Waals surface area contributed by atoms with Crippen LogP contribution >= 0.6 is 15.9 Å². The Labute approximate surface area is 117 Å². The Hall–Kier alpha value is -0.750. The predicted molar refractivity (Wildman–Crippen MR) is 74.3 cm³/mol. The van der Waals surface area contributed by atoms with Crippen LogP contribution in [0.5, 0.6) is 0 Å². The van der Waals surface area contributed by atoms with Gasteiger partial charge in [-0.3, -0.25) is 9.00 Å². The average molecular weight is 336 g/mol. The zero-order valence-corrected chi connectivity index (χ0v) is 12.6. The standard InChI is InChI=1S/C12H15BrFNO2S/c1-8(7-18(2)17)15-12(16)5-9-3-4-10(14)6-11(9)13/h3-4,6,8H,5,7H2,1-2H3,(H,15,16)/t8-,18+/m0/s1. The fourth-order valence-corrected chi connectivity index (χ4v) is 2.84. The molecule has 1 aromatic carbocycles. The molecule has 0 spiro atoms. The molecule has 3 nitrogen and oxygen atoms in total. The summed E-state index contributed by atoms with van der Waals surface area (Å²) in [6.45, 7) is 1.80. The maximum absolute atomic E-state index is 12.9. The summed E-state index contributed by atoms with van der Waals surface area (Å²) in [6, 6.07) is 4.08. The quantitative estimate of drug-likeness (QED) is 0.894. The van der Waals surface area contributed by atoms with Gasteiger partial charge in [0, 0.05) is 33.3 Å². The summed E-state index contributed by atoms with van der Waals surface area (Å²) >= 11 is 3.21. The van der Waals surface area contributed by atoms with Gasteiger partial charge in [-0.15, -0.1) is 0 Å². The van der Waals surface area contributed by atoms with Gasteiger partial charge in [0.1, 0.15) is 5.82 Å². The van der Waals surface area contributed by atoms with Crippen LogP contribution in [0.3, 0.4) is 0 Å². The van der Waals surface area contributed by atoms with Crippen LogP contribution < -0.4 is 5.32 Å². The second-order valence-electron chi connectivity index (χ2n) is 4.12. The Morgan fingerprint density at radius 2 is 2.22 bits per heavy atom. The van der Waals surface area contributed by atoms with Crippen molar-refractivity contribution >= 4 is 32.6 Å². The van der Waals surface area contributed by atoms with Gasteiger partial charge >= 0.3 is 0 Å². The van der Waals surface area contributed by atoms with Crippen molar-refractivity contribution in [3.8, 4) is 0 Å². The maximum atomic E-state index is 12.9. The number of carbonyl (C=O) groups is 1. The fourth-order valence-electron chi connectivity index (χ4n) is 1.56. The summed E-state index contributed by atoms with van der Waals surface area (Å²) in [6.07, 6.45) is 1.76. The number of amides is 1. The highest BCUT2D eigenvalue weighted by atomic mass is 79.9. The van der Waals surface area contributed by atoms with E-state index in [2.05, 4.69) is 21.2 Å². The van der Waals surface area contributed by atoms with Crippen LogP contribution in [0, 0.1) is 5.82 Å². The predicted octanol–water partition coefficient (Wildman–Crippen LogP) is 2.01. The number of rotatable bonds is 5. The summed E-state index contributed by atoms with van der Waals surface area (Å²) in [5, 5.41) is 2.75. The van der Waals surface area contributed by atoms with Crippen molar-refractivity contribution in [3.63, 3.8) is 0 Å². The zero-order chi connectivity index (χ0) is 13.7. The van der Waals surface area contributed by atoms with Crippen molar-refractivity contribution in [2.75, 3.05) is 12.0 Å². The van der Waals surface area contributed by atoms with E-state index >= 15 is 0 Å². The SMILES string of the molecule is C[C@@H](C[S@@](C)=O)NC(=O)Cc1ccc(F)cc1Br. The number of nitrogens with one attached hydrogen (secondary N) is 1. The second-order valence-corrected chi connectivity index (χ2v) is 6.45. The van der Waals surface area contributed by atoms with E-state index in [0.717, 1.165) is 5.56 Å². The van der Waals surface area contributed by atoms with E-state index in [-0.39, 0.29) is 24.2 Å². The third kappa shape index (κ3) is 5.27. The van der Waals surface area contributed by atoms with Crippen LogP contribution in [-0.2, 0) is 22.0 Å². The molecule has 0 heterocycles. The normalized spacial score (nSPS) is 14.0. The smallest absolute Gasteiger partial charge is 0.224 e. The number of carbonyl (C=O) groups excluding carboxylic acids is 1. The van der Waals surface area contributed by atoms with Crippen molar-refractivity contribution in [2.24, 2.45) is 0 Å². The van der Waals surface area contributed by atoms with Crippen LogP contribution in [0.25, 0.3) is 0 Å². The summed E-state index contributed by atoms with van der Waals surface area (Å²) in [7, 11) is -0.940. The van der Waals surface area contributed by atoms with Gasteiger partial charge in [-0.2, -0.15) is 0 Å². The Balaban J connectivity index is 2.56. The minimum absolute atomic E-state index is 0.137. The molecule has 0 aliphatic rings. The zero-order valence-electron chi connectivity index (χ0n) is 10.2. The number of halogens is 2. The molecule has 0 aliphatic heterocycles. The van der Waals surface area contributed by atoms with Crippen LogP contribution in [0.4, 0.5) is 4.39 Å². The van der Waals surface area contributed by atoms with Gasteiger partial charge in [0.25, 0.3) is 0 Å². The summed E-state index contributed by atoms with van der Waals surface area (Å²) < 4.78 is 24.4. The first-order chi connectivity index (χ1) is 8.38. The molecule has 6 heteroatoms. The topological polar surface area (TPSA) is 46.2 Å². The molecule has 1 N–H and O–H groups in total. The molecular formula is C12H15BrFNO2S.